The molecule has 1 aliphatic heterocycles. The topological polar surface area (TPSA) is 106 Å². The molecule has 0 amide bonds. The van der Waals surface area contributed by atoms with Gasteiger partial charge in [0.1, 0.15) is 5.69 Å². The van der Waals surface area contributed by atoms with Gasteiger partial charge in [0, 0.05) is 54.2 Å². The first kappa shape index (κ1) is 26.2. The maximum absolute atomic E-state index is 15.0. The highest BCUT2D eigenvalue weighted by Gasteiger charge is 2.43. The van der Waals surface area contributed by atoms with Crippen molar-refractivity contribution in [3.05, 3.63) is 63.1 Å². The van der Waals surface area contributed by atoms with Gasteiger partial charge in [0.15, 0.2) is 11.2 Å². The van der Waals surface area contributed by atoms with Gasteiger partial charge >= 0.3 is 0 Å². The zero-order valence-electron chi connectivity index (χ0n) is 21.9. The molecule has 3 aromatic rings. The number of nitrogens with zero attached hydrogens (tertiary/aromatic N) is 4. The molecule has 0 spiro atoms. The van der Waals surface area contributed by atoms with E-state index in [9.17, 15) is 14.3 Å². The van der Waals surface area contributed by atoms with E-state index in [1.165, 1.54) is 0 Å². The summed E-state index contributed by atoms with van der Waals surface area (Å²) in [6.07, 6.45) is 3.60. The highest BCUT2D eigenvalue weighted by Crippen LogP contribution is 2.34. The van der Waals surface area contributed by atoms with Crippen LogP contribution in [0.15, 0.2) is 29.2 Å². The lowest BCUT2D eigenvalue weighted by atomic mass is 9.85. The highest BCUT2D eigenvalue weighted by atomic mass is 19.1. The van der Waals surface area contributed by atoms with E-state index in [2.05, 4.69) is 30.0 Å². The largest absolute Gasteiger partial charge is 0.389 e. The van der Waals surface area contributed by atoms with Gasteiger partial charge in [0.05, 0.1) is 30.5 Å². The van der Waals surface area contributed by atoms with Gasteiger partial charge in [0.2, 0.25) is 5.95 Å². The Morgan fingerprint density at radius 3 is 2.82 bits per heavy atom. The fourth-order valence-corrected chi connectivity index (χ4v) is 5.32. The zero-order valence-corrected chi connectivity index (χ0v) is 21.9. The lowest BCUT2D eigenvalue weighted by Gasteiger charge is -2.32. The van der Waals surface area contributed by atoms with Gasteiger partial charge in [0.25, 0.3) is 5.66 Å². The summed E-state index contributed by atoms with van der Waals surface area (Å²) < 4.78 is 22.4. The Bertz CT molecular complexity index is 1460. The van der Waals surface area contributed by atoms with E-state index in [-0.39, 0.29) is 35.8 Å². The third-order valence-corrected chi connectivity index (χ3v) is 7.72. The Labute approximate surface area is 220 Å². The van der Waals surface area contributed by atoms with Crippen molar-refractivity contribution >= 4 is 16.9 Å². The fourth-order valence-electron chi connectivity index (χ4n) is 5.32. The third kappa shape index (κ3) is 4.77. The first-order valence-corrected chi connectivity index (χ1v) is 13.1. The number of rotatable bonds is 7. The van der Waals surface area contributed by atoms with E-state index in [1.54, 1.807) is 18.2 Å². The van der Waals surface area contributed by atoms with E-state index < -0.39 is 17.6 Å². The molecule has 3 N–H and O–H groups in total. The molecule has 10 heteroatoms. The van der Waals surface area contributed by atoms with Crippen LogP contribution in [-0.4, -0.2) is 50.7 Å². The van der Waals surface area contributed by atoms with E-state index in [1.807, 2.05) is 20.8 Å². The maximum Gasteiger partial charge on any atom is 0.286 e. The number of benzene rings is 1. The second-order valence-electron chi connectivity index (χ2n) is 10.5. The fraction of sp³-hybridized carbons (Fsp3) is 0.500. The van der Waals surface area contributed by atoms with Crippen molar-refractivity contribution in [3.63, 3.8) is 0 Å². The number of anilines is 1. The molecule has 2 aliphatic rings. The molecular weight excluding hydrogens is 487 g/mol. The summed E-state index contributed by atoms with van der Waals surface area (Å²) in [4.78, 5) is 25.7. The second-order valence-corrected chi connectivity index (χ2v) is 10.5. The van der Waals surface area contributed by atoms with Gasteiger partial charge in [-0.3, -0.25) is 9.64 Å². The molecule has 2 aromatic heterocycles. The van der Waals surface area contributed by atoms with Gasteiger partial charge < -0.3 is 19.7 Å². The molecule has 5 rings (SSSR count). The number of aliphatic hydroxyl groups excluding tert-OH is 1. The van der Waals surface area contributed by atoms with Crippen molar-refractivity contribution in [2.75, 3.05) is 18.5 Å². The first-order valence-electron chi connectivity index (χ1n) is 13.1. The third-order valence-electron chi connectivity index (χ3n) is 7.72. The van der Waals surface area contributed by atoms with Gasteiger partial charge in [-0.05, 0) is 45.7 Å². The Morgan fingerprint density at radius 2 is 2.16 bits per heavy atom. The molecule has 1 saturated heterocycles. The predicted octanol–water partition coefficient (Wildman–Crippen LogP) is 3.94. The van der Waals surface area contributed by atoms with E-state index in [0.29, 0.717) is 41.6 Å². The van der Waals surface area contributed by atoms with Crippen LogP contribution in [0.4, 0.5) is 10.3 Å². The minimum Gasteiger partial charge on any atom is -0.389 e. The molecule has 2 fully saturated rings. The number of nitrogens with one attached hydrogen (secondary N) is 2. The maximum atomic E-state index is 15.0. The second kappa shape index (κ2) is 10.4. The van der Waals surface area contributed by atoms with Crippen molar-refractivity contribution in [3.8, 4) is 11.3 Å². The Hall–Kier alpha value is -3.39. The summed E-state index contributed by atoms with van der Waals surface area (Å²) in [5.74, 6) is -0.369. The summed E-state index contributed by atoms with van der Waals surface area (Å²) in [6, 6.07) is 4.94. The van der Waals surface area contributed by atoms with Crippen LogP contribution in [0.1, 0.15) is 56.8 Å². The normalized spacial score (nSPS) is 20.8. The number of fused-ring (bicyclic) bond motifs is 1. The summed E-state index contributed by atoms with van der Waals surface area (Å²) in [7, 11) is 0. The Morgan fingerprint density at radius 1 is 1.37 bits per heavy atom. The summed E-state index contributed by atoms with van der Waals surface area (Å²) in [6.45, 7) is 14.6. The quantitative estimate of drug-likeness (QED) is 0.405. The van der Waals surface area contributed by atoms with Crippen molar-refractivity contribution in [2.24, 2.45) is 0 Å². The number of halogens is 1. The molecule has 0 radical (unpaired) electrons. The van der Waals surface area contributed by atoms with Gasteiger partial charge in [-0.1, -0.05) is 6.07 Å². The van der Waals surface area contributed by atoms with Crippen LogP contribution < -0.4 is 16.1 Å². The van der Waals surface area contributed by atoms with Crippen LogP contribution in [0.5, 0.6) is 0 Å². The minimum atomic E-state index is -0.709. The zero-order chi connectivity index (χ0) is 27.0. The molecule has 0 unspecified atom stereocenters. The van der Waals surface area contributed by atoms with Crippen molar-refractivity contribution in [1.82, 2.24) is 19.9 Å². The molecule has 1 saturated carbocycles. The number of aromatic nitrogens is 3. The number of hydrogen-bond donors (Lipinski definition) is 3. The van der Waals surface area contributed by atoms with Crippen LogP contribution in [-0.2, 0) is 11.3 Å². The number of hydrogen-bond acceptors (Lipinski definition) is 7. The van der Waals surface area contributed by atoms with Crippen LogP contribution in [0.2, 0.25) is 0 Å². The summed E-state index contributed by atoms with van der Waals surface area (Å²) in [5, 5.41) is 17.3. The number of aliphatic hydroxyl groups is 1. The monoisotopic (exact) mass is 520 g/mol. The highest BCUT2D eigenvalue weighted by molar-refractivity contribution is 5.85. The molecule has 0 bridgehead atoms. The molecule has 1 aliphatic carbocycles. The average molecular weight is 521 g/mol. The van der Waals surface area contributed by atoms with Crippen LogP contribution in [0.3, 0.4) is 0 Å². The summed E-state index contributed by atoms with van der Waals surface area (Å²) >= 11 is 0. The summed E-state index contributed by atoms with van der Waals surface area (Å²) in [5.41, 5.74) is 2.13. The standard InChI is InChI=1S/C28H33FN6O3/c1-16(2)35-22-12-18(25-20(29)13-31-27(34-25)33-21-8-11-38-15-24(21)36)6-7-19(22)26(37)17(3)23(35)14-32-28(30-4)9-5-10-28/h6-7,12-13,16,21,24,32,36H,5,8-11,14-15H2,1-3H3,(H,31,33,34)/t21-,24-/m1/s1. The van der Waals surface area contributed by atoms with Crippen LogP contribution in [0, 0.1) is 19.3 Å². The predicted molar refractivity (Wildman–Crippen MR) is 143 cm³/mol. The van der Waals surface area contributed by atoms with Crippen molar-refractivity contribution < 1.29 is 14.2 Å². The van der Waals surface area contributed by atoms with E-state index in [4.69, 9.17) is 11.3 Å². The van der Waals surface area contributed by atoms with Crippen molar-refractivity contribution in [1.29, 1.82) is 0 Å². The molecule has 2 atom stereocenters. The molecule has 1 aromatic carbocycles. The number of ether oxygens (including phenoxy) is 1. The lowest BCUT2D eigenvalue weighted by Crippen LogP contribution is -2.48. The molecule has 9 nitrogen and oxygen atoms in total. The van der Waals surface area contributed by atoms with E-state index in [0.717, 1.165) is 31.2 Å². The van der Waals surface area contributed by atoms with Gasteiger partial charge in [-0.2, -0.15) is 0 Å². The first-order chi connectivity index (χ1) is 18.2. The van der Waals surface area contributed by atoms with Crippen LogP contribution >= 0.6 is 0 Å². The molecular formula is C28H33FN6O3. The lowest BCUT2D eigenvalue weighted by molar-refractivity contribution is -0.0136. The molecule has 38 heavy (non-hydrogen) atoms. The molecule has 200 valence electrons. The van der Waals surface area contributed by atoms with Crippen molar-refractivity contribution in [2.45, 2.75) is 76.8 Å². The average Bonchev–Trinajstić information content (AvgIpc) is 2.88. The SMILES string of the molecule is [C-]#[N+]C1(NCc2c(C)c(=O)c3ccc(-c4nc(N[C@@H]5CCOC[C@H]5O)ncc4F)cc3n2C(C)C)CCC1. The smallest absolute Gasteiger partial charge is 0.286 e. The van der Waals surface area contributed by atoms with Gasteiger partial charge in [-0.25, -0.2) is 26.2 Å². The van der Waals surface area contributed by atoms with Gasteiger partial charge in [-0.15, -0.1) is 0 Å². The van der Waals surface area contributed by atoms with E-state index >= 15 is 0 Å². The Kier molecular flexibility index (Phi) is 7.18. The Balaban J connectivity index is 1.56. The minimum absolute atomic E-state index is 0.0108. The molecule has 3 heterocycles. The van der Waals surface area contributed by atoms with Crippen LogP contribution in [0.25, 0.3) is 27.0 Å². The number of pyridine rings is 1.